The molecule has 0 saturated heterocycles. The summed E-state index contributed by atoms with van der Waals surface area (Å²) in [6.45, 7) is 0.177. The number of nitrogens with zero attached hydrogens (tertiary/aromatic N) is 1. The highest BCUT2D eigenvalue weighted by molar-refractivity contribution is 7.92. The Labute approximate surface area is 151 Å². The first-order valence-corrected chi connectivity index (χ1v) is 9.68. The number of fused-ring (bicyclic) bond motifs is 1. The highest BCUT2D eigenvalue weighted by atomic mass is 32.2. The van der Waals surface area contributed by atoms with Crippen LogP contribution in [-0.2, 0) is 14.6 Å². The Bertz CT molecular complexity index is 983. The minimum Gasteiger partial charge on any atom is -0.454 e. The zero-order valence-electron chi connectivity index (χ0n) is 14.1. The Morgan fingerprint density at radius 2 is 1.92 bits per heavy atom. The molecule has 0 N–H and O–H groups in total. The molecule has 1 saturated carbocycles. The van der Waals surface area contributed by atoms with Crippen LogP contribution < -0.4 is 9.47 Å². The summed E-state index contributed by atoms with van der Waals surface area (Å²) in [4.78, 5) is 0.212. The lowest BCUT2D eigenvalue weighted by atomic mass is 10.0. The smallest absolute Gasteiger partial charge is 0.231 e. The fourth-order valence-corrected chi connectivity index (χ4v) is 6.10. The van der Waals surface area contributed by atoms with Crippen LogP contribution in [-0.4, -0.2) is 34.2 Å². The van der Waals surface area contributed by atoms with E-state index >= 15 is 0 Å². The van der Waals surface area contributed by atoms with Crippen molar-refractivity contribution >= 4 is 9.84 Å². The maximum atomic E-state index is 13.2. The number of hydrogen-bond donors (Lipinski definition) is 0. The van der Waals surface area contributed by atoms with E-state index in [4.69, 9.17) is 14.2 Å². The molecule has 0 spiro atoms. The Morgan fingerprint density at radius 1 is 1.19 bits per heavy atom. The molecule has 6 nitrogen and oxygen atoms in total. The number of hydrogen-bond acceptors (Lipinski definition) is 6. The van der Waals surface area contributed by atoms with Crippen LogP contribution in [0, 0.1) is 16.7 Å². The fraction of sp³-hybridized carbons (Fsp3) is 0.316. The van der Waals surface area contributed by atoms with E-state index in [0.717, 1.165) is 5.56 Å². The Hall–Kier alpha value is -2.56. The van der Waals surface area contributed by atoms with Gasteiger partial charge in [0.2, 0.25) is 6.79 Å². The Morgan fingerprint density at radius 3 is 2.62 bits per heavy atom. The molecule has 0 unspecified atom stereocenters. The molecule has 0 amide bonds. The van der Waals surface area contributed by atoms with Gasteiger partial charge < -0.3 is 14.2 Å². The van der Waals surface area contributed by atoms with Gasteiger partial charge in [-0.2, -0.15) is 5.26 Å². The molecule has 2 aromatic rings. The Balaban J connectivity index is 1.79. The standard InChI is InChI=1S/C19H17NO5S/c1-23-11-19(10-20)17(13-7-8-15-16(9-13)25-12-24-15)18(19)26(21,22)14-5-3-2-4-6-14/h2-9,17-18H,11-12H2,1H3/t17-,18-,19+/m0/s1. The van der Waals surface area contributed by atoms with E-state index in [1.165, 1.54) is 7.11 Å². The summed E-state index contributed by atoms with van der Waals surface area (Å²) < 4.78 is 42.3. The van der Waals surface area contributed by atoms with E-state index in [1.807, 2.05) is 0 Å². The summed E-state index contributed by atoms with van der Waals surface area (Å²) in [5.74, 6) is 0.688. The molecule has 1 aliphatic carbocycles. The molecule has 1 aliphatic heterocycles. The third-order valence-corrected chi connectivity index (χ3v) is 7.30. The van der Waals surface area contributed by atoms with Crippen molar-refractivity contribution < 1.29 is 22.6 Å². The molecule has 0 aromatic heterocycles. The molecule has 3 atom stereocenters. The maximum absolute atomic E-state index is 13.2. The number of benzene rings is 2. The molecule has 26 heavy (non-hydrogen) atoms. The van der Waals surface area contributed by atoms with E-state index in [1.54, 1.807) is 48.5 Å². The maximum Gasteiger partial charge on any atom is 0.231 e. The quantitative estimate of drug-likeness (QED) is 0.803. The summed E-state index contributed by atoms with van der Waals surface area (Å²) in [5.41, 5.74) is -0.394. The first-order chi connectivity index (χ1) is 12.5. The average molecular weight is 371 g/mol. The summed E-state index contributed by atoms with van der Waals surface area (Å²) in [6.07, 6.45) is 0. The van der Waals surface area contributed by atoms with Crippen LogP contribution >= 0.6 is 0 Å². The first-order valence-electron chi connectivity index (χ1n) is 8.13. The lowest BCUT2D eigenvalue weighted by molar-refractivity contribution is 0.162. The van der Waals surface area contributed by atoms with Crippen molar-refractivity contribution in [2.75, 3.05) is 20.5 Å². The highest BCUT2D eigenvalue weighted by Gasteiger charge is 2.72. The van der Waals surface area contributed by atoms with Gasteiger partial charge in [0.05, 0.1) is 22.8 Å². The van der Waals surface area contributed by atoms with Crippen molar-refractivity contribution in [3.8, 4) is 17.6 Å². The van der Waals surface area contributed by atoms with Crippen LogP contribution in [0.2, 0.25) is 0 Å². The van der Waals surface area contributed by atoms with Crippen LogP contribution in [0.15, 0.2) is 53.4 Å². The number of methoxy groups -OCH3 is 1. The van der Waals surface area contributed by atoms with Crippen LogP contribution in [0.4, 0.5) is 0 Å². The second-order valence-corrected chi connectivity index (χ2v) is 8.52. The minimum atomic E-state index is -3.69. The van der Waals surface area contributed by atoms with E-state index in [0.29, 0.717) is 11.5 Å². The van der Waals surface area contributed by atoms with E-state index in [9.17, 15) is 13.7 Å². The molecule has 1 heterocycles. The summed E-state index contributed by atoms with van der Waals surface area (Å²) in [7, 11) is -2.22. The minimum absolute atomic E-state index is 0.0410. The topological polar surface area (TPSA) is 85.6 Å². The zero-order valence-corrected chi connectivity index (χ0v) is 14.9. The van der Waals surface area contributed by atoms with Gasteiger partial charge >= 0.3 is 0 Å². The largest absolute Gasteiger partial charge is 0.454 e. The number of sulfone groups is 1. The molecule has 2 aliphatic rings. The van der Waals surface area contributed by atoms with Crippen molar-refractivity contribution in [3.63, 3.8) is 0 Å². The second-order valence-electron chi connectivity index (χ2n) is 6.45. The normalized spacial score (nSPS) is 26.3. The van der Waals surface area contributed by atoms with Crippen molar-refractivity contribution in [1.82, 2.24) is 0 Å². The molecule has 1 fully saturated rings. The number of rotatable bonds is 5. The summed E-state index contributed by atoms with van der Waals surface area (Å²) >= 11 is 0. The van der Waals surface area contributed by atoms with Gasteiger partial charge in [-0.1, -0.05) is 24.3 Å². The fourth-order valence-electron chi connectivity index (χ4n) is 3.77. The average Bonchev–Trinajstić information content (AvgIpc) is 3.10. The molecule has 0 radical (unpaired) electrons. The van der Waals surface area contributed by atoms with E-state index in [2.05, 4.69) is 6.07 Å². The van der Waals surface area contributed by atoms with Crippen molar-refractivity contribution in [1.29, 1.82) is 5.26 Å². The number of nitriles is 1. The molecule has 2 aromatic carbocycles. The van der Waals surface area contributed by atoms with Gasteiger partial charge in [0.1, 0.15) is 5.41 Å². The highest BCUT2D eigenvalue weighted by Crippen LogP contribution is 2.64. The van der Waals surface area contributed by atoms with Gasteiger partial charge in [-0.15, -0.1) is 0 Å². The zero-order chi connectivity index (χ0) is 18.4. The molecular formula is C19H17NO5S. The third-order valence-electron chi connectivity index (χ3n) is 5.01. The molecule has 0 bridgehead atoms. The van der Waals surface area contributed by atoms with E-state index in [-0.39, 0.29) is 18.3 Å². The van der Waals surface area contributed by atoms with E-state index < -0.39 is 26.4 Å². The van der Waals surface area contributed by atoms with Crippen molar-refractivity contribution in [3.05, 3.63) is 54.1 Å². The van der Waals surface area contributed by atoms with Gasteiger partial charge in [-0.25, -0.2) is 8.42 Å². The van der Waals surface area contributed by atoms with Gasteiger partial charge in [-0.05, 0) is 29.8 Å². The van der Waals surface area contributed by atoms with Gasteiger partial charge in [0.25, 0.3) is 0 Å². The molecule has 134 valence electrons. The van der Waals surface area contributed by atoms with Gasteiger partial charge in [0, 0.05) is 13.0 Å². The monoisotopic (exact) mass is 371 g/mol. The van der Waals surface area contributed by atoms with Gasteiger partial charge in [0.15, 0.2) is 21.3 Å². The first kappa shape index (κ1) is 16.9. The summed E-state index contributed by atoms with van der Waals surface area (Å²) in [6, 6.07) is 15.7. The predicted octanol–water partition coefficient (Wildman–Crippen LogP) is 2.51. The van der Waals surface area contributed by atoms with Crippen LogP contribution in [0.3, 0.4) is 0 Å². The third kappa shape index (κ3) is 2.37. The molecule has 4 rings (SSSR count). The van der Waals surface area contributed by atoms with Crippen molar-refractivity contribution in [2.24, 2.45) is 5.41 Å². The van der Waals surface area contributed by atoms with Crippen LogP contribution in [0.1, 0.15) is 11.5 Å². The van der Waals surface area contributed by atoms with Crippen molar-refractivity contribution in [2.45, 2.75) is 16.1 Å². The Kier molecular flexibility index (Phi) is 3.90. The molecule has 7 heteroatoms. The predicted molar refractivity (Wildman–Crippen MR) is 92.6 cm³/mol. The van der Waals surface area contributed by atoms with Gasteiger partial charge in [-0.3, -0.25) is 0 Å². The van der Waals surface area contributed by atoms with Crippen LogP contribution in [0.25, 0.3) is 0 Å². The second kappa shape index (κ2) is 6.01. The number of ether oxygens (including phenoxy) is 3. The summed E-state index contributed by atoms with van der Waals surface area (Å²) in [5, 5.41) is 8.97. The lowest BCUT2D eigenvalue weighted by Gasteiger charge is -2.08. The SMILES string of the molecule is COC[C@]1(C#N)[C@@H](c2ccc3c(c2)OCO3)[C@@H]1S(=O)(=O)c1ccccc1. The van der Waals surface area contributed by atoms with Crippen LogP contribution in [0.5, 0.6) is 11.5 Å². The molecular weight excluding hydrogens is 354 g/mol. The lowest BCUT2D eigenvalue weighted by Crippen LogP contribution is -2.19.